The number of rotatable bonds is 4. The third kappa shape index (κ3) is 3.30. The largest absolute Gasteiger partial charge is 0.360 e. The molecule has 1 aliphatic rings. The number of nitrogens with zero attached hydrogens (tertiary/aromatic N) is 2. The topological polar surface area (TPSA) is 109 Å². The van der Waals surface area contributed by atoms with Gasteiger partial charge in [-0.25, -0.2) is 10.2 Å². The number of carbonyl (C=O) groups excluding carboxylic acids is 2. The van der Waals surface area contributed by atoms with E-state index in [1.54, 1.807) is 19.9 Å². The van der Waals surface area contributed by atoms with Crippen LogP contribution in [0.15, 0.2) is 15.7 Å². The summed E-state index contributed by atoms with van der Waals surface area (Å²) in [6.45, 7) is 3.88. The summed E-state index contributed by atoms with van der Waals surface area (Å²) >= 11 is 0. The molecule has 8 heteroatoms. The van der Waals surface area contributed by atoms with E-state index in [9.17, 15) is 9.59 Å². The normalized spacial score (nSPS) is 17.9. The van der Waals surface area contributed by atoms with E-state index < -0.39 is 0 Å². The molecule has 0 spiro atoms. The number of anilines is 1. The minimum absolute atomic E-state index is 0.133. The van der Waals surface area contributed by atoms with Gasteiger partial charge in [-0.05, 0) is 20.3 Å². The second kappa shape index (κ2) is 5.51. The molecule has 19 heavy (non-hydrogen) atoms. The van der Waals surface area contributed by atoms with Gasteiger partial charge in [-0.1, -0.05) is 5.16 Å². The molecule has 102 valence electrons. The van der Waals surface area contributed by atoms with Gasteiger partial charge in [0.05, 0.1) is 5.92 Å². The molecule has 1 aliphatic heterocycles. The van der Waals surface area contributed by atoms with Crippen molar-refractivity contribution in [1.29, 1.82) is 0 Å². The molecule has 2 heterocycles. The maximum atomic E-state index is 11.5. The van der Waals surface area contributed by atoms with Crippen LogP contribution in [0.3, 0.4) is 0 Å². The first-order valence-electron chi connectivity index (χ1n) is 5.88. The van der Waals surface area contributed by atoms with Gasteiger partial charge in [0.25, 0.3) is 0 Å². The zero-order valence-corrected chi connectivity index (χ0v) is 10.7. The molecule has 0 radical (unpaired) electrons. The Morgan fingerprint density at radius 2 is 2.32 bits per heavy atom. The van der Waals surface area contributed by atoms with Gasteiger partial charge in [-0.3, -0.25) is 10.1 Å². The van der Waals surface area contributed by atoms with Crippen LogP contribution in [0.1, 0.15) is 19.1 Å². The van der Waals surface area contributed by atoms with Crippen LogP contribution >= 0.6 is 0 Å². The molecule has 0 unspecified atom stereocenters. The summed E-state index contributed by atoms with van der Waals surface area (Å²) in [5.74, 6) is 0.567. The van der Waals surface area contributed by atoms with Crippen molar-refractivity contribution in [3.63, 3.8) is 0 Å². The number of amides is 3. The molecular weight excluding hydrogens is 250 g/mol. The maximum Gasteiger partial charge on any atom is 0.320 e. The van der Waals surface area contributed by atoms with Crippen molar-refractivity contribution < 1.29 is 14.1 Å². The summed E-state index contributed by atoms with van der Waals surface area (Å²) in [7, 11) is 0. The van der Waals surface area contributed by atoms with Gasteiger partial charge in [0.1, 0.15) is 5.76 Å². The fourth-order valence-electron chi connectivity index (χ4n) is 1.74. The van der Waals surface area contributed by atoms with E-state index in [2.05, 4.69) is 26.3 Å². The van der Waals surface area contributed by atoms with Gasteiger partial charge in [0, 0.05) is 18.3 Å². The average Bonchev–Trinajstić information content (AvgIpc) is 2.89. The molecule has 1 aromatic rings. The molecule has 2 rings (SSSR count). The van der Waals surface area contributed by atoms with E-state index in [1.807, 2.05) is 0 Å². The highest BCUT2D eigenvalue weighted by atomic mass is 16.5. The lowest BCUT2D eigenvalue weighted by Crippen LogP contribution is -2.33. The zero-order chi connectivity index (χ0) is 13.8. The number of aryl methyl sites for hydroxylation is 1. The Labute approximate surface area is 109 Å². The van der Waals surface area contributed by atoms with Crippen LogP contribution in [-0.2, 0) is 4.79 Å². The number of aromatic nitrogens is 1. The minimum Gasteiger partial charge on any atom is -0.360 e. The fraction of sp³-hybridized carbons (Fsp3) is 0.455. The lowest BCUT2D eigenvalue weighted by Gasteiger charge is -2.08. The summed E-state index contributed by atoms with van der Waals surface area (Å²) in [6.07, 6.45) is 0.506. The van der Waals surface area contributed by atoms with Crippen molar-refractivity contribution >= 4 is 23.5 Å². The number of hydrogen-bond acceptors (Lipinski definition) is 5. The number of hydrazone groups is 1. The number of carbonyl (C=O) groups is 2. The molecule has 0 saturated carbocycles. The lowest BCUT2D eigenvalue weighted by molar-refractivity contribution is -0.122. The summed E-state index contributed by atoms with van der Waals surface area (Å²) in [6, 6.07) is 1.22. The zero-order valence-electron chi connectivity index (χ0n) is 10.7. The van der Waals surface area contributed by atoms with Crippen LogP contribution in [0.4, 0.5) is 10.6 Å². The van der Waals surface area contributed by atoms with E-state index in [0.29, 0.717) is 24.5 Å². The molecule has 1 aromatic heterocycles. The van der Waals surface area contributed by atoms with Gasteiger partial charge < -0.3 is 9.84 Å². The first-order valence-corrected chi connectivity index (χ1v) is 5.88. The molecule has 3 amide bonds. The highest BCUT2D eigenvalue weighted by Crippen LogP contribution is 2.10. The average molecular weight is 265 g/mol. The van der Waals surface area contributed by atoms with E-state index in [4.69, 9.17) is 4.52 Å². The molecule has 0 aliphatic carbocycles. The van der Waals surface area contributed by atoms with Crippen LogP contribution in [0, 0.1) is 12.8 Å². The lowest BCUT2D eigenvalue weighted by atomic mass is 10.0. The monoisotopic (exact) mass is 265 g/mol. The summed E-state index contributed by atoms with van der Waals surface area (Å²) < 4.78 is 4.82. The first-order chi connectivity index (χ1) is 9.06. The van der Waals surface area contributed by atoms with Crippen LogP contribution in [-0.4, -0.2) is 29.4 Å². The summed E-state index contributed by atoms with van der Waals surface area (Å²) in [5.41, 5.74) is 3.13. The predicted molar refractivity (Wildman–Crippen MR) is 67.6 cm³/mol. The van der Waals surface area contributed by atoms with Crippen molar-refractivity contribution in [3.8, 4) is 0 Å². The van der Waals surface area contributed by atoms with Crippen molar-refractivity contribution in [1.82, 2.24) is 15.9 Å². The standard InChI is InChI=1S/C11H15N5O3/c1-6-5-9(16-19-6)13-11(18)12-4-3-8-7(2)14-15-10(8)17/h5,8H,3-4H2,1-2H3,(H,15,17)(H2,12,13,16,18)/t8-/m0/s1. The Kier molecular flexibility index (Phi) is 3.79. The number of urea groups is 1. The van der Waals surface area contributed by atoms with Crippen LogP contribution < -0.4 is 16.1 Å². The van der Waals surface area contributed by atoms with Gasteiger partial charge in [-0.2, -0.15) is 5.10 Å². The fourth-order valence-corrected chi connectivity index (χ4v) is 1.74. The third-order valence-corrected chi connectivity index (χ3v) is 2.75. The Morgan fingerprint density at radius 3 is 2.89 bits per heavy atom. The van der Waals surface area contributed by atoms with Crippen molar-refractivity contribution in [2.75, 3.05) is 11.9 Å². The van der Waals surface area contributed by atoms with Crippen LogP contribution in [0.25, 0.3) is 0 Å². The smallest absolute Gasteiger partial charge is 0.320 e. The van der Waals surface area contributed by atoms with Gasteiger partial charge in [0.15, 0.2) is 5.82 Å². The van der Waals surface area contributed by atoms with Crippen LogP contribution in [0.5, 0.6) is 0 Å². The van der Waals surface area contributed by atoms with E-state index >= 15 is 0 Å². The Balaban J connectivity index is 1.72. The third-order valence-electron chi connectivity index (χ3n) is 2.75. The molecular formula is C11H15N5O3. The second-order valence-electron chi connectivity index (χ2n) is 4.27. The Morgan fingerprint density at radius 1 is 1.53 bits per heavy atom. The number of hydrogen-bond donors (Lipinski definition) is 3. The van der Waals surface area contributed by atoms with Crippen LogP contribution in [0.2, 0.25) is 0 Å². The van der Waals surface area contributed by atoms with E-state index in [1.165, 1.54) is 0 Å². The maximum absolute atomic E-state index is 11.5. The Hall–Kier alpha value is -2.38. The van der Waals surface area contributed by atoms with Gasteiger partial charge >= 0.3 is 6.03 Å². The van der Waals surface area contributed by atoms with Crippen molar-refractivity contribution in [2.45, 2.75) is 20.3 Å². The number of nitrogens with one attached hydrogen (secondary N) is 3. The quantitative estimate of drug-likeness (QED) is 0.741. The predicted octanol–water partition coefficient (Wildman–Crippen LogP) is 0.617. The van der Waals surface area contributed by atoms with Gasteiger partial charge in [0.2, 0.25) is 5.91 Å². The first kappa shape index (κ1) is 13.1. The van der Waals surface area contributed by atoms with E-state index in [0.717, 1.165) is 5.71 Å². The Bertz CT molecular complexity index is 522. The highest BCUT2D eigenvalue weighted by Gasteiger charge is 2.26. The molecule has 1 atom stereocenters. The summed E-state index contributed by atoms with van der Waals surface area (Å²) in [4.78, 5) is 22.9. The molecule has 0 aromatic carbocycles. The molecule has 3 N–H and O–H groups in total. The van der Waals surface area contributed by atoms with E-state index in [-0.39, 0.29) is 17.9 Å². The molecule has 8 nitrogen and oxygen atoms in total. The van der Waals surface area contributed by atoms with Crippen molar-refractivity contribution in [2.24, 2.45) is 11.0 Å². The second-order valence-corrected chi connectivity index (χ2v) is 4.27. The molecule has 0 saturated heterocycles. The highest BCUT2D eigenvalue weighted by molar-refractivity contribution is 6.06. The SMILES string of the molecule is CC1=NNC(=O)[C@H]1CCNC(=O)Nc1cc(C)on1. The van der Waals surface area contributed by atoms with Crippen molar-refractivity contribution in [3.05, 3.63) is 11.8 Å². The summed E-state index contributed by atoms with van der Waals surface area (Å²) in [5, 5.41) is 12.6. The minimum atomic E-state index is -0.388. The van der Waals surface area contributed by atoms with Gasteiger partial charge in [-0.15, -0.1) is 0 Å². The molecule has 0 fully saturated rings. The molecule has 0 bridgehead atoms.